The summed E-state index contributed by atoms with van der Waals surface area (Å²) < 4.78 is 12.7. The lowest BCUT2D eigenvalue weighted by atomic mass is 10.1. The number of fused-ring (bicyclic) bond motifs is 3. The predicted octanol–water partition coefficient (Wildman–Crippen LogP) is 3.66. The van der Waals surface area contributed by atoms with Crippen molar-refractivity contribution in [3.05, 3.63) is 78.2 Å². The van der Waals surface area contributed by atoms with Crippen molar-refractivity contribution in [2.45, 2.75) is 6.42 Å². The van der Waals surface area contributed by atoms with Gasteiger partial charge in [0, 0.05) is 23.6 Å². The molecule has 0 amide bonds. The van der Waals surface area contributed by atoms with Crippen molar-refractivity contribution >= 4 is 16.6 Å². The lowest BCUT2D eigenvalue weighted by Crippen LogP contribution is -2.01. The number of hydrogen-bond donors (Lipinski definition) is 0. The van der Waals surface area contributed by atoms with E-state index in [2.05, 4.69) is 33.4 Å². The van der Waals surface area contributed by atoms with E-state index in [1.165, 1.54) is 0 Å². The van der Waals surface area contributed by atoms with Crippen LogP contribution in [0.15, 0.2) is 66.9 Å². The molecule has 0 aliphatic carbocycles. The summed E-state index contributed by atoms with van der Waals surface area (Å²) >= 11 is 0. The first-order valence-corrected chi connectivity index (χ1v) is 9.28. The zero-order chi connectivity index (χ0) is 19.2. The lowest BCUT2D eigenvalue weighted by Gasteiger charge is -2.05. The SMILES string of the molecule is c1cnc2ccc(Cc3nnc4ccc(-c5ccc6c(c5)OCO6)nn34)cc2c1. The van der Waals surface area contributed by atoms with Crippen LogP contribution in [-0.4, -0.2) is 31.6 Å². The van der Waals surface area contributed by atoms with Gasteiger partial charge in [0.05, 0.1) is 11.2 Å². The minimum Gasteiger partial charge on any atom is -0.454 e. The van der Waals surface area contributed by atoms with Gasteiger partial charge in [0.15, 0.2) is 23.0 Å². The first kappa shape index (κ1) is 16.0. The Kier molecular flexibility index (Phi) is 3.46. The molecule has 0 saturated carbocycles. The summed E-state index contributed by atoms with van der Waals surface area (Å²) in [6.45, 7) is 0.252. The fourth-order valence-electron chi connectivity index (χ4n) is 3.57. The molecule has 29 heavy (non-hydrogen) atoms. The van der Waals surface area contributed by atoms with E-state index in [-0.39, 0.29) is 6.79 Å². The van der Waals surface area contributed by atoms with Crippen molar-refractivity contribution in [2.24, 2.45) is 0 Å². The molecule has 1 aliphatic heterocycles. The van der Waals surface area contributed by atoms with E-state index >= 15 is 0 Å². The predicted molar refractivity (Wildman–Crippen MR) is 107 cm³/mol. The van der Waals surface area contributed by atoms with Gasteiger partial charge in [0.1, 0.15) is 0 Å². The maximum atomic E-state index is 5.48. The summed E-state index contributed by atoms with van der Waals surface area (Å²) in [7, 11) is 0. The van der Waals surface area contributed by atoms with Crippen LogP contribution in [0.4, 0.5) is 0 Å². The first-order valence-electron chi connectivity index (χ1n) is 9.28. The van der Waals surface area contributed by atoms with Crippen molar-refractivity contribution in [1.82, 2.24) is 24.8 Å². The van der Waals surface area contributed by atoms with E-state index in [0.29, 0.717) is 12.1 Å². The third-order valence-electron chi connectivity index (χ3n) is 5.03. The second-order valence-electron chi connectivity index (χ2n) is 6.88. The second kappa shape index (κ2) is 6.27. The second-order valence-corrected chi connectivity index (χ2v) is 6.88. The normalized spacial score (nSPS) is 12.7. The molecule has 2 aromatic carbocycles. The van der Waals surface area contributed by atoms with E-state index in [1.807, 2.05) is 42.5 Å². The van der Waals surface area contributed by atoms with Gasteiger partial charge in [0.2, 0.25) is 6.79 Å². The van der Waals surface area contributed by atoms with Crippen LogP contribution in [-0.2, 0) is 6.42 Å². The monoisotopic (exact) mass is 381 g/mol. The Bertz CT molecular complexity index is 1380. The molecule has 0 spiro atoms. The van der Waals surface area contributed by atoms with E-state index in [9.17, 15) is 0 Å². The van der Waals surface area contributed by atoms with E-state index in [4.69, 9.17) is 14.6 Å². The van der Waals surface area contributed by atoms with Crippen LogP contribution in [0.3, 0.4) is 0 Å². The molecule has 1 aliphatic rings. The Morgan fingerprint density at radius 3 is 2.86 bits per heavy atom. The number of benzene rings is 2. The third kappa shape index (κ3) is 2.75. The van der Waals surface area contributed by atoms with Gasteiger partial charge in [0.25, 0.3) is 0 Å². The van der Waals surface area contributed by atoms with Gasteiger partial charge in [-0.25, -0.2) is 0 Å². The molecule has 5 aromatic rings. The van der Waals surface area contributed by atoms with Crippen LogP contribution < -0.4 is 9.47 Å². The van der Waals surface area contributed by atoms with Crippen LogP contribution in [0, 0.1) is 0 Å². The van der Waals surface area contributed by atoms with Crippen molar-refractivity contribution < 1.29 is 9.47 Å². The molecule has 7 heteroatoms. The van der Waals surface area contributed by atoms with Gasteiger partial charge in [-0.1, -0.05) is 12.1 Å². The van der Waals surface area contributed by atoms with Gasteiger partial charge in [-0.15, -0.1) is 10.2 Å². The van der Waals surface area contributed by atoms with Gasteiger partial charge < -0.3 is 9.47 Å². The molecule has 0 N–H and O–H groups in total. The van der Waals surface area contributed by atoms with Crippen molar-refractivity contribution in [2.75, 3.05) is 6.79 Å². The highest BCUT2D eigenvalue weighted by Gasteiger charge is 2.15. The quantitative estimate of drug-likeness (QED) is 0.475. The summed E-state index contributed by atoms with van der Waals surface area (Å²) in [6.07, 6.45) is 2.43. The molecular formula is C22H15N5O2. The lowest BCUT2D eigenvalue weighted by molar-refractivity contribution is 0.174. The molecule has 7 nitrogen and oxygen atoms in total. The number of pyridine rings is 1. The van der Waals surface area contributed by atoms with Crippen molar-refractivity contribution in [3.63, 3.8) is 0 Å². The number of aromatic nitrogens is 5. The zero-order valence-electron chi connectivity index (χ0n) is 15.3. The van der Waals surface area contributed by atoms with E-state index in [0.717, 1.165) is 45.0 Å². The summed E-state index contributed by atoms with van der Waals surface area (Å²) in [4.78, 5) is 4.37. The molecule has 0 radical (unpaired) electrons. The average molecular weight is 381 g/mol. The van der Waals surface area contributed by atoms with E-state index < -0.39 is 0 Å². The van der Waals surface area contributed by atoms with Crippen LogP contribution in [0.1, 0.15) is 11.4 Å². The topological polar surface area (TPSA) is 74.4 Å². The smallest absolute Gasteiger partial charge is 0.231 e. The van der Waals surface area contributed by atoms with Gasteiger partial charge in [-0.05, 0) is 54.1 Å². The Balaban J connectivity index is 1.39. The molecule has 0 atom stereocenters. The van der Waals surface area contributed by atoms with Crippen molar-refractivity contribution in [3.8, 4) is 22.8 Å². The molecule has 0 bridgehead atoms. The molecule has 6 rings (SSSR count). The molecule has 140 valence electrons. The molecule has 0 fully saturated rings. The first-order chi connectivity index (χ1) is 14.3. The van der Waals surface area contributed by atoms with Gasteiger partial charge in [-0.2, -0.15) is 9.61 Å². The summed E-state index contributed by atoms with van der Waals surface area (Å²) in [5.41, 5.74) is 4.60. The van der Waals surface area contributed by atoms with Crippen LogP contribution >= 0.6 is 0 Å². The number of ether oxygens (including phenoxy) is 2. The maximum absolute atomic E-state index is 5.48. The molecule has 3 aromatic heterocycles. The fraction of sp³-hybridized carbons (Fsp3) is 0.0909. The Labute approximate surface area is 165 Å². The van der Waals surface area contributed by atoms with Gasteiger partial charge >= 0.3 is 0 Å². The number of nitrogens with zero attached hydrogens (tertiary/aromatic N) is 5. The van der Waals surface area contributed by atoms with Crippen LogP contribution in [0.25, 0.3) is 27.8 Å². The average Bonchev–Trinajstić information content (AvgIpc) is 3.40. The van der Waals surface area contributed by atoms with Crippen LogP contribution in [0.5, 0.6) is 11.5 Å². The number of rotatable bonds is 3. The van der Waals surface area contributed by atoms with Gasteiger partial charge in [-0.3, -0.25) is 4.98 Å². The molecule has 0 unspecified atom stereocenters. The van der Waals surface area contributed by atoms with E-state index in [1.54, 1.807) is 10.7 Å². The highest BCUT2D eigenvalue weighted by Crippen LogP contribution is 2.35. The fourth-order valence-corrected chi connectivity index (χ4v) is 3.57. The Hall–Kier alpha value is -4.00. The Morgan fingerprint density at radius 2 is 1.86 bits per heavy atom. The summed E-state index contributed by atoms with van der Waals surface area (Å²) in [5, 5.41) is 14.5. The minimum absolute atomic E-state index is 0.252. The van der Waals surface area contributed by atoms with Crippen molar-refractivity contribution in [1.29, 1.82) is 0 Å². The minimum atomic E-state index is 0.252. The number of hydrogen-bond acceptors (Lipinski definition) is 6. The highest BCUT2D eigenvalue weighted by atomic mass is 16.7. The zero-order valence-corrected chi connectivity index (χ0v) is 15.3. The third-order valence-corrected chi connectivity index (χ3v) is 5.03. The Morgan fingerprint density at radius 1 is 0.897 bits per heavy atom. The highest BCUT2D eigenvalue weighted by molar-refractivity contribution is 5.79. The molecule has 4 heterocycles. The van der Waals surface area contributed by atoms with Crippen LogP contribution in [0.2, 0.25) is 0 Å². The molecule has 0 saturated heterocycles. The maximum Gasteiger partial charge on any atom is 0.231 e. The summed E-state index contributed by atoms with van der Waals surface area (Å²) in [5.74, 6) is 2.27. The summed E-state index contributed by atoms with van der Waals surface area (Å²) in [6, 6.07) is 19.9. The largest absolute Gasteiger partial charge is 0.454 e. The molecular weight excluding hydrogens is 366 g/mol. The standard InChI is InChI=1S/C22H15N5O2/c1-2-15-10-14(3-5-17(15)23-9-1)11-22-25-24-21-8-6-18(26-27(21)22)16-4-7-19-20(12-16)29-13-28-19/h1-10,12H,11,13H2.